The average molecular weight is 225 g/mol. The largest absolute Gasteiger partial charge is 0.496 e. The summed E-state index contributed by atoms with van der Waals surface area (Å²) in [4.78, 5) is 11.8. The molecule has 4 heteroatoms. The zero-order chi connectivity index (χ0) is 12.1. The van der Waals surface area contributed by atoms with Gasteiger partial charge in [0.1, 0.15) is 11.6 Å². The van der Waals surface area contributed by atoms with Crippen LogP contribution in [-0.4, -0.2) is 19.1 Å². The third kappa shape index (κ3) is 2.95. The Morgan fingerprint density at radius 1 is 1.56 bits per heavy atom. The lowest BCUT2D eigenvalue weighted by molar-refractivity contribution is 0.0935. The summed E-state index contributed by atoms with van der Waals surface area (Å²) >= 11 is 0. The van der Waals surface area contributed by atoms with Gasteiger partial charge < -0.3 is 10.1 Å². The first-order chi connectivity index (χ1) is 7.58. The molecular weight excluding hydrogens is 209 g/mol. The molecule has 1 atom stereocenters. The van der Waals surface area contributed by atoms with Crippen LogP contribution in [0.25, 0.3) is 0 Å². The van der Waals surface area contributed by atoms with E-state index >= 15 is 0 Å². The van der Waals surface area contributed by atoms with Crippen molar-refractivity contribution in [2.45, 2.75) is 26.3 Å². The van der Waals surface area contributed by atoms with Crippen molar-refractivity contribution >= 4 is 5.91 Å². The number of benzene rings is 1. The Hall–Kier alpha value is -1.58. The van der Waals surface area contributed by atoms with Gasteiger partial charge in [-0.1, -0.05) is 6.92 Å². The monoisotopic (exact) mass is 225 g/mol. The summed E-state index contributed by atoms with van der Waals surface area (Å²) in [6, 6.07) is 3.94. The van der Waals surface area contributed by atoms with Crippen molar-refractivity contribution in [3.63, 3.8) is 0 Å². The van der Waals surface area contributed by atoms with E-state index in [0.717, 1.165) is 6.42 Å². The van der Waals surface area contributed by atoms with E-state index in [1.807, 2.05) is 13.8 Å². The van der Waals surface area contributed by atoms with Crippen molar-refractivity contribution in [3.05, 3.63) is 29.6 Å². The van der Waals surface area contributed by atoms with Gasteiger partial charge in [-0.15, -0.1) is 0 Å². The quantitative estimate of drug-likeness (QED) is 0.854. The van der Waals surface area contributed by atoms with Crippen LogP contribution in [0.3, 0.4) is 0 Å². The maximum Gasteiger partial charge on any atom is 0.255 e. The molecule has 0 saturated carbocycles. The zero-order valence-electron chi connectivity index (χ0n) is 9.71. The molecule has 1 unspecified atom stereocenters. The summed E-state index contributed by atoms with van der Waals surface area (Å²) in [7, 11) is 1.45. The molecule has 0 aliphatic carbocycles. The van der Waals surface area contributed by atoms with Crippen LogP contribution in [0.15, 0.2) is 18.2 Å². The lowest BCUT2D eigenvalue weighted by Crippen LogP contribution is -2.32. The second kappa shape index (κ2) is 5.49. The molecule has 1 aromatic rings. The molecule has 88 valence electrons. The van der Waals surface area contributed by atoms with Crippen LogP contribution in [0.5, 0.6) is 5.75 Å². The van der Waals surface area contributed by atoms with Crippen LogP contribution < -0.4 is 10.1 Å². The van der Waals surface area contributed by atoms with Crippen molar-refractivity contribution in [1.29, 1.82) is 0 Å². The molecular formula is C12H16FNO2. The highest BCUT2D eigenvalue weighted by molar-refractivity contribution is 5.97. The fraction of sp³-hybridized carbons (Fsp3) is 0.417. The molecule has 1 amide bonds. The second-order valence-corrected chi connectivity index (χ2v) is 3.63. The Labute approximate surface area is 94.6 Å². The minimum atomic E-state index is -0.449. The number of hydrogen-bond acceptors (Lipinski definition) is 2. The van der Waals surface area contributed by atoms with Gasteiger partial charge >= 0.3 is 0 Å². The molecule has 16 heavy (non-hydrogen) atoms. The summed E-state index contributed by atoms with van der Waals surface area (Å²) in [5.74, 6) is -0.386. The smallest absolute Gasteiger partial charge is 0.255 e. The van der Waals surface area contributed by atoms with Gasteiger partial charge in [-0.05, 0) is 31.5 Å². The number of methoxy groups -OCH3 is 1. The first-order valence-electron chi connectivity index (χ1n) is 5.22. The summed E-state index contributed by atoms with van der Waals surface area (Å²) in [5.41, 5.74) is 0.225. The Bertz CT molecular complexity index is 379. The van der Waals surface area contributed by atoms with E-state index in [2.05, 4.69) is 5.32 Å². The standard InChI is InChI=1S/C12H16FNO2/c1-4-8(2)14-12(15)10-7-9(13)5-6-11(10)16-3/h5-8H,4H2,1-3H3,(H,14,15). The van der Waals surface area contributed by atoms with Gasteiger partial charge in [0.25, 0.3) is 5.91 Å². The molecule has 0 heterocycles. The number of ether oxygens (including phenoxy) is 1. The number of carbonyl (C=O) groups is 1. The van der Waals surface area contributed by atoms with Gasteiger partial charge in [0, 0.05) is 6.04 Å². The molecule has 1 N–H and O–H groups in total. The third-order valence-corrected chi connectivity index (χ3v) is 2.40. The second-order valence-electron chi connectivity index (χ2n) is 3.63. The molecule has 0 bridgehead atoms. The van der Waals surface area contributed by atoms with Crippen LogP contribution >= 0.6 is 0 Å². The van der Waals surface area contributed by atoms with Crippen molar-refractivity contribution in [1.82, 2.24) is 5.32 Å². The van der Waals surface area contributed by atoms with Crippen molar-refractivity contribution < 1.29 is 13.9 Å². The predicted octanol–water partition coefficient (Wildman–Crippen LogP) is 2.36. The van der Waals surface area contributed by atoms with Gasteiger partial charge in [0.2, 0.25) is 0 Å². The third-order valence-electron chi connectivity index (χ3n) is 2.40. The SMILES string of the molecule is CCC(C)NC(=O)c1cc(F)ccc1OC. The summed E-state index contributed by atoms with van der Waals surface area (Å²) in [6.45, 7) is 3.86. The van der Waals surface area contributed by atoms with Crippen LogP contribution in [0.2, 0.25) is 0 Å². The Morgan fingerprint density at radius 3 is 2.81 bits per heavy atom. The van der Waals surface area contributed by atoms with E-state index in [9.17, 15) is 9.18 Å². The van der Waals surface area contributed by atoms with Crippen molar-refractivity contribution in [2.24, 2.45) is 0 Å². The van der Waals surface area contributed by atoms with Crippen molar-refractivity contribution in [3.8, 4) is 5.75 Å². The maximum atomic E-state index is 13.0. The van der Waals surface area contributed by atoms with Crippen LogP contribution in [-0.2, 0) is 0 Å². The Morgan fingerprint density at radius 2 is 2.25 bits per heavy atom. The highest BCUT2D eigenvalue weighted by atomic mass is 19.1. The van der Waals surface area contributed by atoms with Crippen LogP contribution in [0.1, 0.15) is 30.6 Å². The number of halogens is 1. The highest BCUT2D eigenvalue weighted by Crippen LogP contribution is 2.19. The fourth-order valence-corrected chi connectivity index (χ4v) is 1.26. The van der Waals surface area contributed by atoms with E-state index in [1.54, 1.807) is 0 Å². The Kier molecular flexibility index (Phi) is 4.28. The molecule has 3 nitrogen and oxygen atoms in total. The van der Waals surface area contributed by atoms with Gasteiger partial charge in [-0.2, -0.15) is 0 Å². The van der Waals surface area contributed by atoms with Crippen LogP contribution in [0, 0.1) is 5.82 Å². The maximum absolute atomic E-state index is 13.0. The minimum Gasteiger partial charge on any atom is -0.496 e. The van der Waals surface area contributed by atoms with Crippen molar-refractivity contribution in [2.75, 3.05) is 7.11 Å². The first kappa shape index (κ1) is 12.5. The van der Waals surface area contributed by atoms with Gasteiger partial charge in [0.05, 0.1) is 12.7 Å². The summed E-state index contributed by atoms with van der Waals surface area (Å²) in [5, 5.41) is 2.76. The summed E-state index contributed by atoms with van der Waals surface area (Å²) < 4.78 is 18.0. The lowest BCUT2D eigenvalue weighted by atomic mass is 10.1. The highest BCUT2D eigenvalue weighted by Gasteiger charge is 2.14. The molecule has 0 aliphatic heterocycles. The number of nitrogens with one attached hydrogen (secondary N) is 1. The molecule has 0 aliphatic rings. The van der Waals surface area contributed by atoms with Crippen LogP contribution in [0.4, 0.5) is 4.39 Å². The molecule has 1 rings (SSSR count). The van der Waals surface area contributed by atoms with E-state index in [1.165, 1.54) is 25.3 Å². The van der Waals surface area contributed by atoms with Gasteiger partial charge in [0.15, 0.2) is 0 Å². The molecule has 0 radical (unpaired) electrons. The van der Waals surface area contributed by atoms with E-state index in [0.29, 0.717) is 5.75 Å². The molecule has 1 aromatic carbocycles. The molecule has 0 spiro atoms. The Balaban J connectivity index is 2.93. The minimum absolute atomic E-state index is 0.0560. The normalized spacial score (nSPS) is 12.0. The number of rotatable bonds is 4. The lowest BCUT2D eigenvalue weighted by Gasteiger charge is -2.13. The molecule has 0 saturated heterocycles. The fourth-order valence-electron chi connectivity index (χ4n) is 1.26. The summed E-state index contributed by atoms with van der Waals surface area (Å²) in [6.07, 6.45) is 0.823. The van der Waals surface area contributed by atoms with Gasteiger partial charge in [-0.25, -0.2) is 4.39 Å². The molecule has 0 aromatic heterocycles. The number of hydrogen-bond donors (Lipinski definition) is 1. The predicted molar refractivity (Wildman–Crippen MR) is 60.2 cm³/mol. The topological polar surface area (TPSA) is 38.3 Å². The van der Waals surface area contributed by atoms with E-state index < -0.39 is 5.82 Å². The number of carbonyl (C=O) groups excluding carboxylic acids is 1. The average Bonchev–Trinajstić information content (AvgIpc) is 2.28. The van der Waals surface area contributed by atoms with Gasteiger partial charge in [-0.3, -0.25) is 4.79 Å². The van der Waals surface area contributed by atoms with E-state index in [4.69, 9.17) is 4.74 Å². The zero-order valence-corrected chi connectivity index (χ0v) is 9.71. The van der Waals surface area contributed by atoms with E-state index in [-0.39, 0.29) is 17.5 Å². The first-order valence-corrected chi connectivity index (χ1v) is 5.22. The molecule has 0 fully saturated rings. The number of amides is 1.